The molecule has 214 valence electrons. The second-order valence-electron chi connectivity index (χ2n) is 8.58. The van der Waals surface area contributed by atoms with Crippen molar-refractivity contribution in [3.63, 3.8) is 0 Å². The first-order valence-electron chi connectivity index (χ1n) is 12.4. The van der Waals surface area contributed by atoms with Gasteiger partial charge in [-0.2, -0.15) is 5.10 Å². The van der Waals surface area contributed by atoms with Crippen molar-refractivity contribution in [2.45, 2.75) is 0 Å². The molecule has 0 bridgehead atoms. The molecule has 10 nitrogen and oxygen atoms in total. The monoisotopic (exact) mass is 587 g/mol. The first-order chi connectivity index (χ1) is 20.3. The molecular formula is C31H26ClN3O7. The van der Waals surface area contributed by atoms with Crippen LogP contribution in [0.5, 0.6) is 23.0 Å². The summed E-state index contributed by atoms with van der Waals surface area (Å²) in [5.41, 5.74) is 4.16. The van der Waals surface area contributed by atoms with E-state index >= 15 is 0 Å². The van der Waals surface area contributed by atoms with E-state index in [2.05, 4.69) is 15.8 Å². The lowest BCUT2D eigenvalue weighted by Crippen LogP contribution is -2.18. The molecule has 0 aliphatic carbocycles. The van der Waals surface area contributed by atoms with Crippen molar-refractivity contribution in [1.29, 1.82) is 0 Å². The zero-order chi connectivity index (χ0) is 30.1. The number of hydrazone groups is 1. The third-order valence-electron chi connectivity index (χ3n) is 5.88. The number of ether oxygens (including phenoxy) is 4. The van der Waals surface area contributed by atoms with Gasteiger partial charge in [0.15, 0.2) is 11.5 Å². The van der Waals surface area contributed by atoms with Crippen LogP contribution < -0.4 is 29.7 Å². The molecule has 0 radical (unpaired) electrons. The van der Waals surface area contributed by atoms with E-state index < -0.39 is 11.9 Å². The highest BCUT2D eigenvalue weighted by molar-refractivity contribution is 6.30. The third-order valence-corrected chi connectivity index (χ3v) is 6.13. The average molecular weight is 588 g/mol. The molecule has 0 saturated carbocycles. The van der Waals surface area contributed by atoms with Crippen LogP contribution in [0.15, 0.2) is 90.0 Å². The Morgan fingerprint density at radius 3 is 2.07 bits per heavy atom. The highest BCUT2D eigenvalue weighted by Gasteiger charge is 2.19. The lowest BCUT2D eigenvalue weighted by atomic mass is 10.1. The molecule has 0 aromatic heterocycles. The van der Waals surface area contributed by atoms with Crippen LogP contribution in [0, 0.1) is 0 Å². The zero-order valence-corrected chi connectivity index (χ0v) is 23.6. The smallest absolute Gasteiger partial charge is 0.343 e. The topological polar surface area (TPSA) is 125 Å². The number of benzene rings is 4. The molecule has 4 aromatic rings. The maximum absolute atomic E-state index is 13.0. The van der Waals surface area contributed by atoms with Crippen molar-refractivity contribution >= 4 is 41.3 Å². The molecule has 0 saturated heterocycles. The van der Waals surface area contributed by atoms with Gasteiger partial charge in [-0.1, -0.05) is 29.8 Å². The molecule has 2 amide bonds. The molecule has 0 heterocycles. The molecule has 0 atom stereocenters. The molecule has 0 aliphatic rings. The SMILES string of the molecule is COc1cc(C(=O)Oc2ccccc2C=NNC(=O)c2cccc(NC(=O)c3ccc(Cl)cc3)c2)cc(OC)c1OC. The van der Waals surface area contributed by atoms with E-state index in [0.29, 0.717) is 39.1 Å². The summed E-state index contributed by atoms with van der Waals surface area (Å²) in [6.07, 6.45) is 1.35. The van der Waals surface area contributed by atoms with Gasteiger partial charge in [0.05, 0.1) is 33.1 Å². The number of methoxy groups -OCH3 is 3. The third kappa shape index (κ3) is 7.23. The summed E-state index contributed by atoms with van der Waals surface area (Å²) in [6, 6.07) is 22.5. The second-order valence-corrected chi connectivity index (χ2v) is 9.02. The van der Waals surface area contributed by atoms with Gasteiger partial charge in [-0.25, -0.2) is 10.2 Å². The van der Waals surface area contributed by atoms with Gasteiger partial charge in [0.2, 0.25) is 5.75 Å². The van der Waals surface area contributed by atoms with Crippen LogP contribution in [0.2, 0.25) is 5.02 Å². The standard InChI is InChI=1S/C31H26ClN3O7/c1-39-26-16-22(17-27(40-2)28(26)41-3)31(38)42-25-10-5-4-7-21(25)18-33-35-30(37)20-8-6-9-24(15-20)34-29(36)19-11-13-23(32)14-12-19/h4-18H,1-3H3,(H,34,36)(H,35,37). The molecule has 0 spiro atoms. The van der Waals surface area contributed by atoms with Crippen LogP contribution >= 0.6 is 11.6 Å². The van der Waals surface area contributed by atoms with Crippen molar-refractivity contribution in [3.05, 3.63) is 112 Å². The van der Waals surface area contributed by atoms with Crippen molar-refractivity contribution < 1.29 is 33.3 Å². The Balaban J connectivity index is 1.43. The van der Waals surface area contributed by atoms with E-state index in [0.717, 1.165) is 0 Å². The molecule has 0 aliphatic heterocycles. The molecule has 4 rings (SSSR count). The van der Waals surface area contributed by atoms with Gasteiger partial charge < -0.3 is 24.3 Å². The Hall–Kier alpha value is -5.35. The number of carbonyl (C=O) groups is 3. The predicted molar refractivity (Wildman–Crippen MR) is 158 cm³/mol. The maximum atomic E-state index is 13.0. The van der Waals surface area contributed by atoms with Crippen molar-refractivity contribution in [2.75, 3.05) is 26.6 Å². The number of halogens is 1. The number of nitrogens with one attached hydrogen (secondary N) is 2. The van der Waals surface area contributed by atoms with Crippen molar-refractivity contribution in [1.82, 2.24) is 5.43 Å². The Labute approximate surface area is 246 Å². The Morgan fingerprint density at radius 1 is 0.714 bits per heavy atom. The van der Waals surface area contributed by atoms with Gasteiger partial charge >= 0.3 is 5.97 Å². The van der Waals surface area contributed by atoms with Gasteiger partial charge in [-0.3, -0.25) is 9.59 Å². The fraction of sp³-hybridized carbons (Fsp3) is 0.0968. The minimum atomic E-state index is -0.670. The second kappa shape index (κ2) is 13.8. The minimum Gasteiger partial charge on any atom is -0.493 e. The number of esters is 1. The van der Waals surface area contributed by atoms with E-state index in [-0.39, 0.29) is 22.8 Å². The summed E-state index contributed by atoms with van der Waals surface area (Å²) < 4.78 is 21.5. The summed E-state index contributed by atoms with van der Waals surface area (Å²) in [5, 5.41) is 7.27. The largest absolute Gasteiger partial charge is 0.493 e. The van der Waals surface area contributed by atoms with Gasteiger partial charge in [0.25, 0.3) is 11.8 Å². The number of anilines is 1. The van der Waals surface area contributed by atoms with Crippen LogP contribution in [0.4, 0.5) is 5.69 Å². The Kier molecular flexibility index (Phi) is 9.75. The van der Waals surface area contributed by atoms with Crippen LogP contribution in [-0.4, -0.2) is 45.3 Å². The van der Waals surface area contributed by atoms with Crippen LogP contribution in [-0.2, 0) is 0 Å². The molecular weight excluding hydrogens is 562 g/mol. The summed E-state index contributed by atoms with van der Waals surface area (Å²) in [5.74, 6) is -0.377. The van der Waals surface area contributed by atoms with Gasteiger partial charge in [-0.05, 0) is 66.7 Å². The fourth-order valence-corrected chi connectivity index (χ4v) is 3.93. The van der Waals surface area contributed by atoms with Crippen molar-refractivity contribution in [2.24, 2.45) is 5.10 Å². The van der Waals surface area contributed by atoms with E-state index in [1.807, 2.05) is 0 Å². The molecule has 11 heteroatoms. The van der Waals surface area contributed by atoms with Gasteiger partial charge in [0, 0.05) is 27.4 Å². The number of hydrogen-bond acceptors (Lipinski definition) is 8. The van der Waals surface area contributed by atoms with E-state index in [1.54, 1.807) is 66.7 Å². The summed E-state index contributed by atoms with van der Waals surface area (Å²) in [7, 11) is 4.35. The van der Waals surface area contributed by atoms with E-state index in [4.69, 9.17) is 30.5 Å². The van der Waals surface area contributed by atoms with E-state index in [1.165, 1.54) is 45.7 Å². The maximum Gasteiger partial charge on any atom is 0.343 e. The van der Waals surface area contributed by atoms with Crippen LogP contribution in [0.3, 0.4) is 0 Å². The Bertz CT molecular complexity index is 1610. The van der Waals surface area contributed by atoms with Crippen molar-refractivity contribution in [3.8, 4) is 23.0 Å². The van der Waals surface area contributed by atoms with E-state index in [9.17, 15) is 14.4 Å². The molecule has 0 fully saturated rings. The molecule has 42 heavy (non-hydrogen) atoms. The molecule has 4 aromatic carbocycles. The zero-order valence-electron chi connectivity index (χ0n) is 22.8. The quantitative estimate of drug-likeness (QED) is 0.107. The highest BCUT2D eigenvalue weighted by atomic mass is 35.5. The van der Waals surface area contributed by atoms with Gasteiger partial charge in [-0.15, -0.1) is 0 Å². The van der Waals surface area contributed by atoms with Gasteiger partial charge in [0.1, 0.15) is 5.75 Å². The predicted octanol–water partition coefficient (Wildman–Crippen LogP) is 5.60. The van der Waals surface area contributed by atoms with Crippen LogP contribution in [0.25, 0.3) is 0 Å². The first kappa shape index (κ1) is 29.6. The minimum absolute atomic E-state index is 0.174. The summed E-state index contributed by atoms with van der Waals surface area (Å²) in [6.45, 7) is 0. The fourth-order valence-electron chi connectivity index (χ4n) is 3.81. The number of carbonyl (C=O) groups excluding carboxylic acids is 3. The highest BCUT2D eigenvalue weighted by Crippen LogP contribution is 2.38. The lowest BCUT2D eigenvalue weighted by Gasteiger charge is -2.14. The number of rotatable bonds is 10. The first-order valence-corrected chi connectivity index (χ1v) is 12.8. The summed E-state index contributed by atoms with van der Waals surface area (Å²) >= 11 is 5.88. The number of para-hydroxylation sites is 1. The number of nitrogens with zero attached hydrogens (tertiary/aromatic N) is 1. The summed E-state index contributed by atoms with van der Waals surface area (Å²) in [4.78, 5) is 38.2. The van der Waals surface area contributed by atoms with Crippen LogP contribution in [0.1, 0.15) is 36.6 Å². The Morgan fingerprint density at radius 2 is 1.40 bits per heavy atom. The molecule has 0 unspecified atom stereocenters. The lowest BCUT2D eigenvalue weighted by molar-refractivity contribution is 0.0733. The number of hydrogen-bond donors (Lipinski definition) is 2. The molecule has 2 N–H and O–H groups in total. The average Bonchev–Trinajstić information content (AvgIpc) is 3.01. The number of amides is 2. The normalized spacial score (nSPS) is 10.6.